The first kappa shape index (κ1) is 22.6. The van der Waals surface area contributed by atoms with E-state index in [1.54, 1.807) is 6.07 Å². The summed E-state index contributed by atoms with van der Waals surface area (Å²) < 4.78 is 4.86. The summed E-state index contributed by atoms with van der Waals surface area (Å²) in [5.41, 5.74) is 15.0. The molecule has 156 valence electrons. The lowest BCUT2D eigenvalue weighted by Crippen LogP contribution is -2.26. The molecule has 0 aliphatic carbocycles. The Morgan fingerprint density at radius 1 is 1.17 bits per heavy atom. The second-order valence-electron chi connectivity index (χ2n) is 6.51. The van der Waals surface area contributed by atoms with Gasteiger partial charge in [0.25, 0.3) is 0 Å². The lowest BCUT2D eigenvalue weighted by Gasteiger charge is -2.12. The summed E-state index contributed by atoms with van der Waals surface area (Å²) in [7, 11) is 1.35. The van der Waals surface area contributed by atoms with Crippen LogP contribution in [-0.4, -0.2) is 47.8 Å². The van der Waals surface area contributed by atoms with Gasteiger partial charge in [-0.1, -0.05) is 6.07 Å². The van der Waals surface area contributed by atoms with E-state index in [9.17, 15) is 9.59 Å². The summed E-state index contributed by atoms with van der Waals surface area (Å²) in [4.78, 5) is 32.2. The van der Waals surface area contributed by atoms with Crippen molar-refractivity contribution >= 4 is 29.6 Å². The van der Waals surface area contributed by atoms with Crippen molar-refractivity contribution in [2.24, 2.45) is 5.73 Å². The molecule has 0 spiro atoms. The highest BCUT2D eigenvalue weighted by molar-refractivity contribution is 7.99. The van der Waals surface area contributed by atoms with E-state index in [-0.39, 0.29) is 11.9 Å². The lowest BCUT2D eigenvalue weighted by molar-refractivity contribution is -0.121. The number of hydrogen-bond donors (Lipinski definition) is 3. The number of nitrogens with zero attached hydrogens (tertiary/aromatic N) is 2. The lowest BCUT2D eigenvalue weighted by atomic mass is 9.98. The Hall–Kier alpha value is -2.65. The molecule has 0 radical (unpaired) electrons. The number of methoxy groups -OCH3 is 1. The minimum Gasteiger partial charge on any atom is -0.465 e. The van der Waals surface area contributed by atoms with E-state index in [1.807, 2.05) is 26.0 Å². The number of aryl methyl sites for hydroxylation is 2. The van der Waals surface area contributed by atoms with Crippen LogP contribution in [0.1, 0.15) is 34.3 Å². The third-order valence-electron chi connectivity index (χ3n) is 4.25. The number of anilines is 1. The number of hydrogen-bond acceptors (Lipinski definition) is 8. The number of esters is 1. The molecule has 8 nitrogen and oxygen atoms in total. The van der Waals surface area contributed by atoms with E-state index in [4.69, 9.17) is 16.2 Å². The van der Waals surface area contributed by atoms with Gasteiger partial charge in [0.1, 0.15) is 5.03 Å². The highest BCUT2D eigenvalue weighted by Gasteiger charge is 2.15. The van der Waals surface area contributed by atoms with E-state index >= 15 is 0 Å². The van der Waals surface area contributed by atoms with Gasteiger partial charge in [0.2, 0.25) is 11.9 Å². The van der Waals surface area contributed by atoms with Crippen LogP contribution in [0.3, 0.4) is 0 Å². The molecular formula is C20H27N5O3S. The molecule has 9 heteroatoms. The third-order valence-corrected chi connectivity index (χ3v) is 5.17. The van der Waals surface area contributed by atoms with Gasteiger partial charge in [0.05, 0.1) is 18.4 Å². The number of benzene rings is 1. The molecule has 1 heterocycles. The Kier molecular flexibility index (Phi) is 8.41. The molecule has 0 saturated carbocycles. The van der Waals surface area contributed by atoms with Crippen molar-refractivity contribution < 1.29 is 14.3 Å². The van der Waals surface area contributed by atoms with Crippen molar-refractivity contribution in [1.29, 1.82) is 0 Å². The van der Waals surface area contributed by atoms with E-state index in [2.05, 4.69) is 15.3 Å². The van der Waals surface area contributed by atoms with Crippen LogP contribution < -0.4 is 16.8 Å². The number of carbonyl (C=O) groups excluding carboxylic acids is 2. The SMILES string of the molecule is COC(=O)c1cc(-c2cc(SCCNC(=O)CCCN)nc(N)n2)c(C)cc1C. The molecule has 0 unspecified atom stereocenters. The normalized spacial score (nSPS) is 10.6. The van der Waals surface area contributed by atoms with Crippen LogP contribution >= 0.6 is 11.8 Å². The maximum Gasteiger partial charge on any atom is 0.338 e. The number of thioether (sulfide) groups is 1. The molecular weight excluding hydrogens is 390 g/mol. The van der Waals surface area contributed by atoms with Crippen LogP contribution in [0.5, 0.6) is 0 Å². The smallest absolute Gasteiger partial charge is 0.338 e. The topological polar surface area (TPSA) is 133 Å². The third kappa shape index (κ3) is 6.43. The second-order valence-corrected chi connectivity index (χ2v) is 7.63. The van der Waals surface area contributed by atoms with Gasteiger partial charge in [-0.25, -0.2) is 14.8 Å². The van der Waals surface area contributed by atoms with Crippen LogP contribution in [0.15, 0.2) is 23.2 Å². The Bertz CT molecular complexity index is 889. The molecule has 0 bridgehead atoms. The predicted octanol–water partition coefficient (Wildman–Crippen LogP) is 2.08. The molecule has 0 atom stereocenters. The number of ether oxygens (including phenoxy) is 1. The maximum absolute atomic E-state index is 12.0. The summed E-state index contributed by atoms with van der Waals surface area (Å²) in [5.74, 6) is 0.386. The quantitative estimate of drug-likeness (QED) is 0.244. The van der Waals surface area contributed by atoms with Crippen molar-refractivity contribution in [2.45, 2.75) is 31.7 Å². The number of carbonyl (C=O) groups is 2. The largest absolute Gasteiger partial charge is 0.465 e. The summed E-state index contributed by atoms with van der Waals surface area (Å²) >= 11 is 1.47. The molecule has 1 amide bonds. The zero-order chi connectivity index (χ0) is 21.4. The molecule has 2 rings (SSSR count). The van der Waals surface area contributed by atoms with Gasteiger partial charge in [-0.05, 0) is 50.1 Å². The van der Waals surface area contributed by atoms with Crippen LogP contribution in [0, 0.1) is 13.8 Å². The predicted molar refractivity (Wildman–Crippen MR) is 115 cm³/mol. The van der Waals surface area contributed by atoms with E-state index < -0.39 is 5.97 Å². The first-order valence-corrected chi connectivity index (χ1v) is 10.3. The number of aromatic nitrogens is 2. The first-order chi connectivity index (χ1) is 13.8. The van der Waals surface area contributed by atoms with Crippen LogP contribution in [0.4, 0.5) is 5.95 Å². The maximum atomic E-state index is 12.0. The van der Waals surface area contributed by atoms with Crippen molar-refractivity contribution in [3.63, 3.8) is 0 Å². The Balaban J connectivity index is 2.15. The summed E-state index contributed by atoms with van der Waals surface area (Å²) in [5, 5.41) is 3.55. The van der Waals surface area contributed by atoms with Gasteiger partial charge in [0.15, 0.2) is 0 Å². The molecule has 2 aromatic rings. The van der Waals surface area contributed by atoms with Crippen molar-refractivity contribution in [3.8, 4) is 11.3 Å². The fourth-order valence-corrected chi connectivity index (χ4v) is 3.58. The average molecular weight is 418 g/mol. The van der Waals surface area contributed by atoms with Gasteiger partial charge < -0.3 is 21.5 Å². The standard InChI is InChI=1S/C20H27N5O3S/c1-12-9-13(2)15(19(27)28-3)10-14(12)16-11-18(25-20(22)24-16)29-8-7-23-17(26)5-4-6-21/h9-11H,4-8,21H2,1-3H3,(H,23,26)(H2,22,24,25). The molecule has 0 fully saturated rings. The molecule has 29 heavy (non-hydrogen) atoms. The molecule has 1 aromatic heterocycles. The monoisotopic (exact) mass is 417 g/mol. The van der Waals surface area contributed by atoms with E-state index in [0.717, 1.165) is 16.7 Å². The van der Waals surface area contributed by atoms with Gasteiger partial charge in [-0.2, -0.15) is 0 Å². The fraction of sp³-hybridized carbons (Fsp3) is 0.400. The van der Waals surface area contributed by atoms with Crippen LogP contribution in [0.2, 0.25) is 0 Å². The van der Waals surface area contributed by atoms with Gasteiger partial charge in [-0.15, -0.1) is 11.8 Å². The second kappa shape index (κ2) is 10.8. The molecule has 0 aliphatic rings. The van der Waals surface area contributed by atoms with Crippen molar-refractivity contribution in [3.05, 3.63) is 34.9 Å². The zero-order valence-corrected chi connectivity index (χ0v) is 17.8. The van der Waals surface area contributed by atoms with Gasteiger partial charge in [0, 0.05) is 24.3 Å². The van der Waals surface area contributed by atoms with Crippen molar-refractivity contribution in [2.75, 3.05) is 31.7 Å². The van der Waals surface area contributed by atoms with E-state index in [0.29, 0.717) is 48.0 Å². The summed E-state index contributed by atoms with van der Waals surface area (Å²) in [6, 6.07) is 5.52. The van der Waals surface area contributed by atoms with Crippen LogP contribution in [-0.2, 0) is 9.53 Å². The molecule has 0 saturated heterocycles. The number of rotatable bonds is 9. The summed E-state index contributed by atoms with van der Waals surface area (Å²) in [6.45, 7) is 4.83. The van der Waals surface area contributed by atoms with E-state index in [1.165, 1.54) is 18.9 Å². The van der Waals surface area contributed by atoms with Crippen molar-refractivity contribution in [1.82, 2.24) is 15.3 Å². The summed E-state index contributed by atoms with van der Waals surface area (Å²) in [6.07, 6.45) is 1.11. The zero-order valence-electron chi connectivity index (χ0n) is 16.9. The Morgan fingerprint density at radius 3 is 2.62 bits per heavy atom. The van der Waals surface area contributed by atoms with Gasteiger partial charge in [-0.3, -0.25) is 4.79 Å². The average Bonchev–Trinajstić information content (AvgIpc) is 2.68. The Labute approximate surface area is 174 Å². The fourth-order valence-electron chi connectivity index (χ4n) is 2.81. The Morgan fingerprint density at radius 2 is 1.93 bits per heavy atom. The van der Waals surface area contributed by atoms with Gasteiger partial charge >= 0.3 is 5.97 Å². The number of nitrogens with one attached hydrogen (secondary N) is 1. The highest BCUT2D eigenvalue weighted by atomic mass is 32.2. The molecule has 1 aromatic carbocycles. The molecule has 5 N–H and O–H groups in total. The highest BCUT2D eigenvalue weighted by Crippen LogP contribution is 2.28. The minimum absolute atomic E-state index is 0.00967. The first-order valence-electron chi connectivity index (χ1n) is 9.29. The van der Waals surface area contributed by atoms with Crippen LogP contribution in [0.25, 0.3) is 11.3 Å². The number of amides is 1. The number of nitrogens with two attached hydrogens (primary N) is 2. The number of nitrogen functional groups attached to an aromatic ring is 1. The molecule has 0 aliphatic heterocycles. The minimum atomic E-state index is -0.397.